The summed E-state index contributed by atoms with van der Waals surface area (Å²) in [5.74, 6) is 0.264. The lowest BCUT2D eigenvalue weighted by atomic mass is 9.95. The van der Waals surface area contributed by atoms with Gasteiger partial charge in [0.1, 0.15) is 5.60 Å². The average Bonchev–Trinajstić information content (AvgIpc) is 3.93. The van der Waals surface area contributed by atoms with E-state index in [-0.39, 0.29) is 29.4 Å². The molecule has 1 aromatic carbocycles. The Morgan fingerprint density at radius 2 is 1.69 bits per heavy atom. The second kappa shape index (κ2) is 15.2. The summed E-state index contributed by atoms with van der Waals surface area (Å²) in [6, 6.07) is 8.20. The Kier molecular flexibility index (Phi) is 10.5. The maximum atomic E-state index is 13.0. The molecule has 0 bridgehead atoms. The van der Waals surface area contributed by atoms with Gasteiger partial charge in [-0.2, -0.15) is 15.0 Å². The zero-order valence-corrected chi connectivity index (χ0v) is 33.4. The number of piperidine rings is 2. The van der Waals surface area contributed by atoms with E-state index >= 15 is 0 Å². The SMILES string of the molecule is Cc1cc(-c2nc(-c3cnn(C4CCN(CC5CCN(C(=O)OC(C)(C)C)CC5)CC4)c3)cn3nccc23)ccc1[C@@H](C)NC(=O)c1nnn(C(C)(C)C)n1. The van der Waals surface area contributed by atoms with Gasteiger partial charge >= 0.3 is 6.09 Å². The highest BCUT2D eigenvalue weighted by Crippen LogP contribution is 2.31. The Bertz CT molecular complexity index is 2140. The van der Waals surface area contributed by atoms with Gasteiger partial charge in [-0.05, 0) is 115 Å². The van der Waals surface area contributed by atoms with Gasteiger partial charge in [-0.3, -0.25) is 9.48 Å². The van der Waals surface area contributed by atoms with E-state index in [0.717, 1.165) is 97.6 Å². The Morgan fingerprint density at radius 1 is 0.945 bits per heavy atom. The lowest BCUT2D eigenvalue weighted by molar-refractivity contribution is 0.0164. The number of carbonyl (C=O) groups excluding carboxylic acids is 2. The van der Waals surface area contributed by atoms with Crippen LogP contribution in [0.2, 0.25) is 0 Å². The number of hydrogen-bond acceptors (Lipinski definition) is 10. The van der Waals surface area contributed by atoms with Crippen molar-refractivity contribution in [3.8, 4) is 22.5 Å². The maximum Gasteiger partial charge on any atom is 0.410 e. The summed E-state index contributed by atoms with van der Waals surface area (Å²) in [6.45, 7) is 20.2. The van der Waals surface area contributed by atoms with Crippen LogP contribution in [0, 0.1) is 12.8 Å². The summed E-state index contributed by atoms with van der Waals surface area (Å²) in [5.41, 5.74) is 5.59. The molecule has 1 N–H and O–H groups in total. The number of rotatable bonds is 8. The third kappa shape index (κ3) is 8.71. The number of ether oxygens (including phenoxy) is 1. The van der Waals surface area contributed by atoms with Gasteiger partial charge in [0.05, 0.1) is 53.1 Å². The summed E-state index contributed by atoms with van der Waals surface area (Å²) in [7, 11) is 0. The number of aromatic nitrogens is 9. The van der Waals surface area contributed by atoms with Crippen LogP contribution in [0.1, 0.15) is 108 Å². The first-order valence-corrected chi connectivity index (χ1v) is 19.4. The Balaban J connectivity index is 0.981. The molecule has 0 spiro atoms. The Morgan fingerprint density at radius 3 is 2.36 bits per heavy atom. The number of aryl methyl sites for hydroxylation is 1. The molecule has 2 aliphatic heterocycles. The molecule has 1 atom stereocenters. The first-order chi connectivity index (χ1) is 26.1. The average molecular weight is 751 g/mol. The summed E-state index contributed by atoms with van der Waals surface area (Å²) in [6.07, 6.45) is 11.7. The van der Waals surface area contributed by atoms with Crippen molar-refractivity contribution >= 4 is 17.5 Å². The van der Waals surface area contributed by atoms with Crippen molar-refractivity contribution in [2.24, 2.45) is 5.92 Å². The van der Waals surface area contributed by atoms with Crippen molar-refractivity contribution in [1.29, 1.82) is 0 Å². The fraction of sp³-hybridized carbons (Fsp3) is 0.550. The van der Waals surface area contributed by atoms with Gasteiger partial charge in [0.15, 0.2) is 0 Å². The van der Waals surface area contributed by atoms with Crippen molar-refractivity contribution in [3.05, 3.63) is 66.0 Å². The minimum absolute atomic E-state index is 0.0411. The van der Waals surface area contributed by atoms with Crippen molar-refractivity contribution in [1.82, 2.24) is 59.7 Å². The van der Waals surface area contributed by atoms with Crippen molar-refractivity contribution < 1.29 is 14.3 Å². The van der Waals surface area contributed by atoms with E-state index in [1.165, 1.54) is 4.80 Å². The van der Waals surface area contributed by atoms with Crippen molar-refractivity contribution in [2.75, 3.05) is 32.7 Å². The molecule has 0 unspecified atom stereocenters. The smallest absolute Gasteiger partial charge is 0.410 e. The van der Waals surface area contributed by atoms with E-state index in [9.17, 15) is 9.59 Å². The van der Waals surface area contributed by atoms with Gasteiger partial charge in [0, 0.05) is 50.0 Å². The highest BCUT2D eigenvalue weighted by molar-refractivity contribution is 5.90. The number of benzene rings is 1. The van der Waals surface area contributed by atoms with E-state index in [1.807, 2.05) is 95.4 Å². The summed E-state index contributed by atoms with van der Waals surface area (Å²) >= 11 is 0. The van der Waals surface area contributed by atoms with E-state index < -0.39 is 5.60 Å². The van der Waals surface area contributed by atoms with Crippen LogP contribution in [-0.2, 0) is 10.3 Å². The molecule has 2 amide bonds. The molecule has 4 aromatic heterocycles. The number of carbonyl (C=O) groups is 2. The quantitative estimate of drug-likeness (QED) is 0.197. The highest BCUT2D eigenvalue weighted by atomic mass is 16.6. The standard InChI is InChI=1S/C40H54N12O3/c1-26-21-29(9-10-32(26)27(2)43-37(53)36-45-47-52(46-36)39(3,4)5)35-34-11-16-41-51(34)25-33(44-35)30-22-42-50(24-30)31-14-17-48(18-15-31)23-28-12-19-49(20-13-28)38(54)55-40(6,7)8/h9-11,16,21-22,24-25,27-28,31H,12-15,17-20,23H2,1-8H3,(H,43,53)/t27-/m1/s1. The molecule has 2 saturated heterocycles. The third-order valence-electron chi connectivity index (χ3n) is 10.6. The van der Waals surface area contributed by atoms with Crippen LogP contribution in [0.25, 0.3) is 28.0 Å². The van der Waals surface area contributed by atoms with Gasteiger partial charge in [-0.15, -0.1) is 10.2 Å². The van der Waals surface area contributed by atoms with Crippen molar-refractivity contribution in [3.63, 3.8) is 0 Å². The number of amides is 2. The first-order valence-electron chi connectivity index (χ1n) is 19.4. The topological polar surface area (TPSA) is 153 Å². The fourth-order valence-electron chi connectivity index (χ4n) is 7.54. The highest BCUT2D eigenvalue weighted by Gasteiger charge is 2.30. The monoisotopic (exact) mass is 750 g/mol. The summed E-state index contributed by atoms with van der Waals surface area (Å²) < 4.78 is 9.55. The Hall–Kier alpha value is -5.18. The molecular weight excluding hydrogens is 697 g/mol. The van der Waals surface area contributed by atoms with Crippen LogP contribution in [0.15, 0.2) is 49.1 Å². The largest absolute Gasteiger partial charge is 0.444 e. The van der Waals surface area contributed by atoms with Gasteiger partial charge in [0.2, 0.25) is 0 Å². The number of nitrogens with one attached hydrogen (secondary N) is 1. The molecule has 6 heterocycles. The van der Waals surface area contributed by atoms with E-state index in [1.54, 1.807) is 6.20 Å². The minimum Gasteiger partial charge on any atom is -0.444 e. The van der Waals surface area contributed by atoms with Crippen LogP contribution in [-0.4, -0.2) is 105 Å². The predicted octanol–water partition coefficient (Wildman–Crippen LogP) is 6.08. The molecule has 55 heavy (non-hydrogen) atoms. The molecule has 15 nitrogen and oxygen atoms in total. The molecule has 2 aliphatic rings. The molecule has 15 heteroatoms. The lowest BCUT2D eigenvalue weighted by Crippen LogP contribution is -2.45. The molecule has 0 saturated carbocycles. The molecule has 7 rings (SSSR count). The number of fused-ring (bicyclic) bond motifs is 1. The number of tetrazole rings is 1. The molecule has 2 fully saturated rings. The zero-order valence-electron chi connectivity index (χ0n) is 33.4. The fourth-order valence-corrected chi connectivity index (χ4v) is 7.54. The first kappa shape index (κ1) is 38.1. The van der Waals surface area contributed by atoms with E-state index in [2.05, 4.69) is 47.7 Å². The molecule has 292 valence electrons. The summed E-state index contributed by atoms with van der Waals surface area (Å²) in [5, 5.41) is 24.7. The van der Waals surface area contributed by atoms with Crippen LogP contribution < -0.4 is 5.32 Å². The number of hydrogen-bond donors (Lipinski definition) is 1. The van der Waals surface area contributed by atoms with Crippen molar-refractivity contribution in [2.45, 2.75) is 104 Å². The second-order valence-electron chi connectivity index (χ2n) is 17.1. The van der Waals surface area contributed by atoms with Crippen LogP contribution in [0.3, 0.4) is 0 Å². The molecule has 5 aromatic rings. The lowest BCUT2D eigenvalue weighted by Gasteiger charge is -2.38. The van der Waals surface area contributed by atoms with Crippen LogP contribution >= 0.6 is 0 Å². The molecule has 0 aliphatic carbocycles. The predicted molar refractivity (Wildman–Crippen MR) is 208 cm³/mol. The van der Waals surface area contributed by atoms with E-state index in [4.69, 9.17) is 14.8 Å². The third-order valence-corrected chi connectivity index (χ3v) is 10.6. The second-order valence-corrected chi connectivity index (χ2v) is 17.1. The zero-order chi connectivity index (χ0) is 39.1. The van der Waals surface area contributed by atoms with Gasteiger partial charge in [-0.1, -0.05) is 12.1 Å². The van der Waals surface area contributed by atoms with Crippen LogP contribution in [0.5, 0.6) is 0 Å². The summed E-state index contributed by atoms with van der Waals surface area (Å²) in [4.78, 5) is 36.5. The maximum absolute atomic E-state index is 13.0. The number of nitrogens with zero attached hydrogens (tertiary/aromatic N) is 11. The van der Waals surface area contributed by atoms with Crippen LogP contribution in [0.4, 0.5) is 4.79 Å². The van der Waals surface area contributed by atoms with Gasteiger partial charge in [0.25, 0.3) is 11.7 Å². The van der Waals surface area contributed by atoms with Gasteiger partial charge < -0.3 is 19.9 Å². The van der Waals surface area contributed by atoms with Gasteiger partial charge in [-0.25, -0.2) is 14.3 Å². The van der Waals surface area contributed by atoms with E-state index in [0.29, 0.717) is 12.0 Å². The molecule has 0 radical (unpaired) electrons. The molecular formula is C40H54N12O3. The normalized spacial score (nSPS) is 17.1. The minimum atomic E-state index is -0.466. The number of likely N-dealkylation sites (tertiary alicyclic amines) is 2. The Labute approximate surface area is 322 Å².